The van der Waals surface area contributed by atoms with Gasteiger partial charge in [-0.3, -0.25) is 14.8 Å². The second kappa shape index (κ2) is 10.9. The van der Waals surface area contributed by atoms with Crippen LogP contribution < -0.4 is 0 Å². The number of pyridine rings is 1. The minimum absolute atomic E-state index is 0.0177. The van der Waals surface area contributed by atoms with Crippen molar-refractivity contribution in [2.45, 2.75) is 65.1 Å². The van der Waals surface area contributed by atoms with E-state index in [1.807, 2.05) is 12.4 Å². The topological polar surface area (TPSA) is 28.6 Å². The number of nitrogens with zero attached hydrogens (tertiary/aromatic N) is 3. The molecule has 2 saturated heterocycles. The third-order valence-corrected chi connectivity index (χ3v) is 7.32. The van der Waals surface area contributed by atoms with E-state index >= 15 is 0 Å². The second-order valence-corrected chi connectivity index (χ2v) is 10.7. The van der Waals surface area contributed by atoms with Gasteiger partial charge in [-0.1, -0.05) is 30.3 Å². The van der Waals surface area contributed by atoms with Gasteiger partial charge >= 0.3 is 0 Å². The smallest absolute Gasteiger partial charge is 0.0629 e. The molecule has 3 heterocycles. The van der Waals surface area contributed by atoms with E-state index in [0.717, 1.165) is 38.0 Å². The van der Waals surface area contributed by atoms with Crippen LogP contribution in [0.25, 0.3) is 0 Å². The molecule has 0 saturated carbocycles. The van der Waals surface area contributed by atoms with Crippen LogP contribution in [-0.4, -0.2) is 53.2 Å². The molecule has 4 nitrogen and oxygen atoms in total. The number of hydrogen-bond acceptors (Lipinski definition) is 4. The van der Waals surface area contributed by atoms with Crippen molar-refractivity contribution in [3.8, 4) is 0 Å². The lowest BCUT2D eigenvalue weighted by molar-refractivity contribution is -0.0778. The summed E-state index contributed by atoms with van der Waals surface area (Å²) in [5.41, 5.74) is 4.24. The average molecular weight is 436 g/mol. The molecule has 2 fully saturated rings. The Balaban J connectivity index is 1.33. The molecule has 1 aromatic carbocycles. The number of hydrogen-bond donors (Lipinski definition) is 0. The van der Waals surface area contributed by atoms with Crippen molar-refractivity contribution in [2.75, 3.05) is 32.8 Å². The summed E-state index contributed by atoms with van der Waals surface area (Å²) in [4.78, 5) is 9.72. The zero-order valence-electron chi connectivity index (χ0n) is 20.3. The highest BCUT2D eigenvalue weighted by Crippen LogP contribution is 2.30. The van der Waals surface area contributed by atoms with Gasteiger partial charge in [-0.15, -0.1) is 0 Å². The number of aryl methyl sites for hydroxylation is 1. The number of ether oxygens (including phenoxy) is 1. The molecule has 2 aliphatic rings. The molecular weight excluding hydrogens is 394 g/mol. The summed E-state index contributed by atoms with van der Waals surface area (Å²) < 4.78 is 5.98. The summed E-state index contributed by atoms with van der Waals surface area (Å²) in [6.45, 7) is 14.5. The van der Waals surface area contributed by atoms with Crippen molar-refractivity contribution in [3.05, 3.63) is 65.5 Å². The van der Waals surface area contributed by atoms with Crippen LogP contribution in [0, 0.1) is 18.8 Å². The average Bonchev–Trinajstić information content (AvgIpc) is 2.77. The Labute approximate surface area is 195 Å². The molecule has 174 valence electrons. The third-order valence-electron chi connectivity index (χ3n) is 7.32. The first-order chi connectivity index (χ1) is 15.5. The van der Waals surface area contributed by atoms with Gasteiger partial charge in [0.25, 0.3) is 0 Å². The van der Waals surface area contributed by atoms with E-state index in [4.69, 9.17) is 4.74 Å². The molecule has 0 bridgehead atoms. The number of rotatable bonds is 8. The standard InChI is InChI=1S/C28H41N3O/c1-23-7-4-5-9-27(23)22-30-14-10-24(11-15-30)19-31(21-26-8-6-13-29-18-26)20-25-12-16-32-28(2,3)17-25/h4-9,13,18,24-25H,10-12,14-17,19-22H2,1-3H3. The molecule has 1 unspecified atom stereocenters. The molecule has 0 aliphatic carbocycles. The molecule has 1 aromatic heterocycles. The van der Waals surface area contributed by atoms with Crippen molar-refractivity contribution in [1.82, 2.24) is 14.8 Å². The fourth-order valence-corrected chi connectivity index (χ4v) is 5.55. The molecule has 0 amide bonds. The van der Waals surface area contributed by atoms with Gasteiger partial charge in [0.2, 0.25) is 0 Å². The first kappa shape index (κ1) is 23.4. The van der Waals surface area contributed by atoms with Gasteiger partial charge in [-0.2, -0.15) is 0 Å². The zero-order valence-corrected chi connectivity index (χ0v) is 20.3. The molecule has 4 heteroatoms. The molecule has 0 N–H and O–H groups in total. The van der Waals surface area contributed by atoms with Crippen LogP contribution in [0.2, 0.25) is 0 Å². The zero-order chi connectivity index (χ0) is 22.4. The third kappa shape index (κ3) is 6.87. The molecule has 1 atom stereocenters. The minimum atomic E-state index is 0.0177. The lowest BCUT2D eigenvalue weighted by Gasteiger charge is -2.40. The van der Waals surface area contributed by atoms with E-state index < -0.39 is 0 Å². The SMILES string of the molecule is Cc1ccccc1CN1CCC(CN(Cc2cccnc2)CC2CCOC(C)(C)C2)CC1. The van der Waals surface area contributed by atoms with Crippen LogP contribution in [-0.2, 0) is 17.8 Å². The summed E-state index contributed by atoms with van der Waals surface area (Å²) in [7, 11) is 0. The molecule has 4 rings (SSSR count). The fraction of sp³-hybridized carbons (Fsp3) is 0.607. The van der Waals surface area contributed by atoms with Crippen molar-refractivity contribution in [3.63, 3.8) is 0 Å². The molecule has 2 aromatic rings. The molecule has 0 radical (unpaired) electrons. The van der Waals surface area contributed by atoms with E-state index in [9.17, 15) is 0 Å². The van der Waals surface area contributed by atoms with Gasteiger partial charge in [-0.25, -0.2) is 0 Å². The first-order valence-corrected chi connectivity index (χ1v) is 12.5. The normalized spacial score (nSPS) is 22.3. The summed E-state index contributed by atoms with van der Waals surface area (Å²) in [6, 6.07) is 13.1. The lowest BCUT2D eigenvalue weighted by Crippen LogP contribution is -2.42. The molecule has 32 heavy (non-hydrogen) atoms. The van der Waals surface area contributed by atoms with Crippen LogP contribution in [0.3, 0.4) is 0 Å². The maximum Gasteiger partial charge on any atom is 0.0629 e. The number of benzene rings is 1. The predicted octanol–water partition coefficient (Wildman–Crippen LogP) is 5.31. The van der Waals surface area contributed by atoms with Crippen LogP contribution in [0.5, 0.6) is 0 Å². The number of likely N-dealkylation sites (tertiary alicyclic amines) is 1. The number of piperidine rings is 1. The first-order valence-electron chi connectivity index (χ1n) is 12.5. The maximum atomic E-state index is 5.98. The van der Waals surface area contributed by atoms with E-state index in [1.165, 1.54) is 62.1 Å². The van der Waals surface area contributed by atoms with Crippen LogP contribution in [0.15, 0.2) is 48.8 Å². The molecule has 2 aliphatic heterocycles. The molecular formula is C28H41N3O. The highest BCUT2D eigenvalue weighted by atomic mass is 16.5. The Hall–Kier alpha value is -1.75. The highest BCUT2D eigenvalue weighted by molar-refractivity contribution is 5.25. The van der Waals surface area contributed by atoms with E-state index in [0.29, 0.717) is 0 Å². The Bertz CT molecular complexity index is 830. The van der Waals surface area contributed by atoms with Crippen molar-refractivity contribution in [1.29, 1.82) is 0 Å². The summed E-state index contributed by atoms with van der Waals surface area (Å²) >= 11 is 0. The molecule has 0 spiro atoms. The number of aromatic nitrogens is 1. The Morgan fingerprint density at radius 3 is 2.53 bits per heavy atom. The maximum absolute atomic E-state index is 5.98. The van der Waals surface area contributed by atoms with E-state index in [-0.39, 0.29) is 5.60 Å². The van der Waals surface area contributed by atoms with Crippen LogP contribution in [0.4, 0.5) is 0 Å². The largest absolute Gasteiger partial charge is 0.376 e. The van der Waals surface area contributed by atoms with Crippen molar-refractivity contribution in [2.24, 2.45) is 11.8 Å². The summed E-state index contributed by atoms with van der Waals surface area (Å²) in [6.07, 6.45) is 8.85. The summed E-state index contributed by atoms with van der Waals surface area (Å²) in [5.74, 6) is 1.50. The monoisotopic (exact) mass is 435 g/mol. The quantitative estimate of drug-likeness (QED) is 0.562. The van der Waals surface area contributed by atoms with Gasteiger partial charge < -0.3 is 4.74 Å². The van der Waals surface area contributed by atoms with E-state index in [1.54, 1.807) is 0 Å². The van der Waals surface area contributed by atoms with Crippen molar-refractivity contribution >= 4 is 0 Å². The Morgan fingerprint density at radius 2 is 1.81 bits per heavy atom. The fourth-order valence-electron chi connectivity index (χ4n) is 5.55. The van der Waals surface area contributed by atoms with Gasteiger partial charge in [0.1, 0.15) is 0 Å². The van der Waals surface area contributed by atoms with Crippen molar-refractivity contribution < 1.29 is 4.74 Å². The van der Waals surface area contributed by atoms with Gasteiger partial charge in [0, 0.05) is 45.2 Å². The van der Waals surface area contributed by atoms with Gasteiger partial charge in [-0.05, 0) is 94.1 Å². The summed E-state index contributed by atoms with van der Waals surface area (Å²) in [5, 5.41) is 0. The van der Waals surface area contributed by atoms with Crippen LogP contribution >= 0.6 is 0 Å². The van der Waals surface area contributed by atoms with Crippen LogP contribution in [0.1, 0.15) is 56.2 Å². The second-order valence-electron chi connectivity index (χ2n) is 10.7. The van der Waals surface area contributed by atoms with E-state index in [2.05, 4.69) is 72.0 Å². The predicted molar refractivity (Wildman–Crippen MR) is 131 cm³/mol. The lowest BCUT2D eigenvalue weighted by atomic mass is 9.87. The Morgan fingerprint density at radius 1 is 1.03 bits per heavy atom. The van der Waals surface area contributed by atoms with Gasteiger partial charge in [0.15, 0.2) is 0 Å². The highest BCUT2D eigenvalue weighted by Gasteiger charge is 2.31. The van der Waals surface area contributed by atoms with Gasteiger partial charge in [0.05, 0.1) is 5.60 Å². The minimum Gasteiger partial charge on any atom is -0.376 e. The Kier molecular flexibility index (Phi) is 7.98.